The molecule has 35 heavy (non-hydrogen) atoms. The van der Waals surface area contributed by atoms with Crippen LogP contribution in [0.15, 0.2) is 101 Å². The van der Waals surface area contributed by atoms with E-state index >= 15 is 0 Å². The third kappa shape index (κ3) is 4.42. The Morgan fingerprint density at radius 1 is 0.914 bits per heavy atom. The third-order valence-electron chi connectivity index (χ3n) is 5.83. The van der Waals surface area contributed by atoms with Crippen LogP contribution in [0.5, 0.6) is 0 Å². The SMILES string of the molecule is CCN(C(=O)CSc1nc2ccccc2c(=O)n1-c1ccc(F)cc1)c1cccc2ccccc12. The van der Waals surface area contributed by atoms with Gasteiger partial charge >= 0.3 is 0 Å². The molecule has 0 spiro atoms. The maximum Gasteiger partial charge on any atom is 0.266 e. The Balaban J connectivity index is 1.51. The lowest BCUT2D eigenvalue weighted by molar-refractivity contribution is -0.116. The Labute approximate surface area is 205 Å². The van der Waals surface area contributed by atoms with Crippen LogP contribution in [0.4, 0.5) is 10.1 Å². The number of rotatable bonds is 6. The number of thioether (sulfide) groups is 1. The van der Waals surface area contributed by atoms with E-state index in [-0.39, 0.29) is 17.2 Å². The summed E-state index contributed by atoms with van der Waals surface area (Å²) in [5.41, 5.74) is 1.62. The minimum Gasteiger partial charge on any atom is -0.311 e. The van der Waals surface area contributed by atoms with Gasteiger partial charge in [-0.3, -0.25) is 14.2 Å². The van der Waals surface area contributed by atoms with Crippen molar-refractivity contribution in [3.63, 3.8) is 0 Å². The highest BCUT2D eigenvalue weighted by Gasteiger charge is 2.19. The molecule has 7 heteroatoms. The summed E-state index contributed by atoms with van der Waals surface area (Å²) in [5, 5.41) is 2.90. The Hall–Kier alpha value is -3.97. The fourth-order valence-corrected chi connectivity index (χ4v) is 5.04. The number of halogens is 1. The first kappa shape index (κ1) is 22.8. The van der Waals surface area contributed by atoms with Gasteiger partial charge in [0, 0.05) is 11.9 Å². The Bertz CT molecular complexity index is 1590. The number of benzene rings is 4. The van der Waals surface area contributed by atoms with Crippen molar-refractivity contribution in [2.24, 2.45) is 0 Å². The van der Waals surface area contributed by atoms with Crippen molar-refractivity contribution < 1.29 is 9.18 Å². The van der Waals surface area contributed by atoms with Gasteiger partial charge in [-0.15, -0.1) is 0 Å². The van der Waals surface area contributed by atoms with Gasteiger partial charge in [-0.2, -0.15) is 0 Å². The predicted molar refractivity (Wildman–Crippen MR) is 140 cm³/mol. The van der Waals surface area contributed by atoms with Gasteiger partial charge in [-0.25, -0.2) is 9.37 Å². The van der Waals surface area contributed by atoms with E-state index in [1.165, 1.54) is 40.6 Å². The topological polar surface area (TPSA) is 55.2 Å². The van der Waals surface area contributed by atoms with Crippen LogP contribution in [0, 0.1) is 5.82 Å². The van der Waals surface area contributed by atoms with Gasteiger partial charge in [0.1, 0.15) is 5.82 Å². The quantitative estimate of drug-likeness (QED) is 0.225. The summed E-state index contributed by atoms with van der Waals surface area (Å²) in [6.45, 7) is 2.44. The van der Waals surface area contributed by atoms with Gasteiger partial charge in [0.15, 0.2) is 5.16 Å². The molecule has 5 nitrogen and oxygen atoms in total. The average Bonchev–Trinajstić information content (AvgIpc) is 2.89. The Kier molecular flexibility index (Phi) is 6.33. The second-order valence-corrected chi connectivity index (χ2v) is 8.90. The van der Waals surface area contributed by atoms with E-state index in [0.717, 1.165) is 16.5 Å². The second kappa shape index (κ2) is 9.72. The lowest BCUT2D eigenvalue weighted by Crippen LogP contribution is -2.32. The monoisotopic (exact) mass is 483 g/mol. The van der Waals surface area contributed by atoms with Gasteiger partial charge < -0.3 is 4.90 Å². The molecule has 5 rings (SSSR count). The number of hydrogen-bond acceptors (Lipinski definition) is 4. The van der Waals surface area contributed by atoms with Gasteiger partial charge in [0.25, 0.3) is 5.56 Å². The van der Waals surface area contributed by atoms with Gasteiger partial charge in [0.05, 0.1) is 28.0 Å². The smallest absolute Gasteiger partial charge is 0.266 e. The van der Waals surface area contributed by atoms with Gasteiger partial charge in [0.2, 0.25) is 5.91 Å². The van der Waals surface area contributed by atoms with Gasteiger partial charge in [-0.1, -0.05) is 60.3 Å². The molecule has 1 heterocycles. The molecular formula is C28H22FN3O2S. The fraction of sp³-hybridized carbons (Fsp3) is 0.107. The lowest BCUT2D eigenvalue weighted by Gasteiger charge is -2.23. The number of aromatic nitrogens is 2. The van der Waals surface area contributed by atoms with Crippen LogP contribution in [0.3, 0.4) is 0 Å². The first-order valence-electron chi connectivity index (χ1n) is 11.3. The number of carbonyl (C=O) groups excluding carboxylic acids is 1. The van der Waals surface area contributed by atoms with Crippen LogP contribution in [-0.4, -0.2) is 27.8 Å². The summed E-state index contributed by atoms with van der Waals surface area (Å²) in [6.07, 6.45) is 0. The zero-order valence-corrected chi connectivity index (χ0v) is 19.8. The zero-order chi connectivity index (χ0) is 24.4. The molecule has 0 aliphatic heterocycles. The predicted octanol–water partition coefficient (Wildman–Crippen LogP) is 5.82. The number of amides is 1. The van der Waals surface area contributed by atoms with E-state index in [2.05, 4.69) is 4.98 Å². The lowest BCUT2D eigenvalue weighted by atomic mass is 10.1. The summed E-state index contributed by atoms with van der Waals surface area (Å²) in [7, 11) is 0. The first-order valence-corrected chi connectivity index (χ1v) is 12.2. The van der Waals surface area contributed by atoms with Crippen LogP contribution in [0.1, 0.15) is 6.92 Å². The molecule has 0 radical (unpaired) electrons. The van der Waals surface area contributed by atoms with Crippen molar-refractivity contribution >= 4 is 45.0 Å². The number of fused-ring (bicyclic) bond motifs is 2. The Morgan fingerprint density at radius 2 is 1.60 bits per heavy atom. The number of hydrogen-bond donors (Lipinski definition) is 0. The summed E-state index contributed by atoms with van der Waals surface area (Å²) < 4.78 is 15.0. The molecule has 0 saturated carbocycles. The van der Waals surface area contributed by atoms with E-state index in [4.69, 9.17) is 0 Å². The van der Waals surface area contributed by atoms with Crippen molar-refractivity contribution in [2.75, 3.05) is 17.2 Å². The van der Waals surface area contributed by atoms with Crippen LogP contribution in [0.25, 0.3) is 27.4 Å². The molecule has 1 aromatic heterocycles. The molecular weight excluding hydrogens is 461 g/mol. The van der Waals surface area contributed by atoms with Crippen molar-refractivity contribution in [1.29, 1.82) is 0 Å². The van der Waals surface area contributed by atoms with Gasteiger partial charge in [-0.05, 0) is 54.8 Å². The van der Waals surface area contributed by atoms with Crippen molar-refractivity contribution in [3.05, 3.63) is 107 Å². The molecule has 4 aromatic carbocycles. The molecule has 5 aromatic rings. The van der Waals surface area contributed by atoms with Crippen LogP contribution >= 0.6 is 11.8 Å². The molecule has 0 saturated heterocycles. The number of para-hydroxylation sites is 1. The number of nitrogens with zero attached hydrogens (tertiary/aromatic N) is 3. The van der Waals surface area contributed by atoms with Crippen LogP contribution < -0.4 is 10.5 Å². The minimum absolute atomic E-state index is 0.0863. The summed E-state index contributed by atoms with van der Waals surface area (Å²) >= 11 is 1.19. The summed E-state index contributed by atoms with van der Waals surface area (Å²) in [6, 6.07) is 26.6. The molecule has 0 fully saturated rings. The molecule has 1 amide bonds. The Morgan fingerprint density at radius 3 is 2.37 bits per heavy atom. The largest absolute Gasteiger partial charge is 0.311 e. The normalized spacial score (nSPS) is 11.1. The molecule has 0 aliphatic rings. The molecule has 0 bridgehead atoms. The van der Waals surface area contributed by atoms with Crippen LogP contribution in [0.2, 0.25) is 0 Å². The fourth-order valence-electron chi connectivity index (χ4n) is 4.16. The highest BCUT2D eigenvalue weighted by Crippen LogP contribution is 2.28. The van der Waals surface area contributed by atoms with Crippen molar-refractivity contribution in [2.45, 2.75) is 12.1 Å². The van der Waals surface area contributed by atoms with E-state index in [9.17, 15) is 14.0 Å². The van der Waals surface area contributed by atoms with E-state index < -0.39 is 5.82 Å². The third-order valence-corrected chi connectivity index (χ3v) is 6.75. The minimum atomic E-state index is -0.395. The number of carbonyl (C=O) groups is 1. The maximum atomic E-state index is 13.6. The highest BCUT2D eigenvalue weighted by molar-refractivity contribution is 7.99. The van der Waals surface area contributed by atoms with E-state index in [1.54, 1.807) is 23.1 Å². The standard InChI is InChI=1S/C28H22FN3O2S/c1-2-31(25-13-7-9-19-8-3-4-10-22(19)25)26(33)18-35-28-30-24-12-6-5-11-23(24)27(34)32(28)21-16-14-20(29)15-17-21/h3-17H,2,18H2,1H3. The summed E-state index contributed by atoms with van der Waals surface area (Å²) in [5.74, 6) is -0.404. The first-order chi connectivity index (χ1) is 17.1. The van der Waals surface area contributed by atoms with Crippen molar-refractivity contribution in [3.8, 4) is 5.69 Å². The molecule has 174 valence electrons. The molecule has 0 aliphatic carbocycles. The summed E-state index contributed by atoms with van der Waals surface area (Å²) in [4.78, 5) is 33.2. The average molecular weight is 484 g/mol. The number of anilines is 1. The van der Waals surface area contributed by atoms with Crippen LogP contribution in [-0.2, 0) is 4.79 Å². The highest BCUT2D eigenvalue weighted by atomic mass is 32.2. The van der Waals surface area contributed by atoms with E-state index in [1.807, 2.05) is 55.5 Å². The second-order valence-electron chi connectivity index (χ2n) is 7.95. The molecule has 0 unspecified atom stereocenters. The maximum absolute atomic E-state index is 13.6. The molecule has 0 atom stereocenters. The van der Waals surface area contributed by atoms with E-state index in [0.29, 0.717) is 28.3 Å². The van der Waals surface area contributed by atoms with Crippen molar-refractivity contribution in [1.82, 2.24) is 9.55 Å². The zero-order valence-electron chi connectivity index (χ0n) is 19.0. The molecule has 0 N–H and O–H groups in total.